The van der Waals surface area contributed by atoms with Crippen LogP contribution in [0, 0.1) is 5.92 Å². The maximum absolute atomic E-state index is 12.5. The summed E-state index contributed by atoms with van der Waals surface area (Å²) >= 11 is 0. The summed E-state index contributed by atoms with van der Waals surface area (Å²) in [5.74, 6) is 1.10. The van der Waals surface area contributed by atoms with Gasteiger partial charge < -0.3 is 15.0 Å². The highest BCUT2D eigenvalue weighted by atomic mass is 16.5. The summed E-state index contributed by atoms with van der Waals surface area (Å²) in [7, 11) is 0. The van der Waals surface area contributed by atoms with E-state index in [1.54, 1.807) is 0 Å². The second-order valence-electron chi connectivity index (χ2n) is 7.24. The molecule has 4 rings (SSSR count). The minimum Gasteiger partial charge on any atom is -0.380 e. The molecule has 2 aliphatic heterocycles. The highest BCUT2D eigenvalue weighted by molar-refractivity contribution is 5.88. The fraction of sp³-hybridized carbons (Fsp3) is 0.474. The van der Waals surface area contributed by atoms with Gasteiger partial charge >= 0.3 is 6.03 Å². The number of amides is 2. The number of aromatic amines is 1. The molecule has 2 aromatic rings. The van der Waals surface area contributed by atoms with Crippen LogP contribution in [0.5, 0.6) is 0 Å². The van der Waals surface area contributed by atoms with E-state index in [9.17, 15) is 4.79 Å². The fourth-order valence-electron chi connectivity index (χ4n) is 3.59. The lowest BCUT2D eigenvalue weighted by atomic mass is 10.1. The molecule has 7 heteroatoms. The van der Waals surface area contributed by atoms with Crippen molar-refractivity contribution in [2.45, 2.75) is 31.9 Å². The molecule has 0 bridgehead atoms. The van der Waals surface area contributed by atoms with Gasteiger partial charge in [-0.25, -0.2) is 4.79 Å². The Morgan fingerprint density at radius 3 is 2.96 bits per heavy atom. The molecule has 1 aromatic carbocycles. The maximum atomic E-state index is 12.5. The van der Waals surface area contributed by atoms with Crippen molar-refractivity contribution in [3.05, 3.63) is 42.1 Å². The van der Waals surface area contributed by atoms with Crippen molar-refractivity contribution in [1.29, 1.82) is 0 Å². The van der Waals surface area contributed by atoms with Crippen LogP contribution in [0.15, 0.2) is 36.4 Å². The third-order valence-corrected chi connectivity index (χ3v) is 5.00. The van der Waals surface area contributed by atoms with Crippen LogP contribution in [0.3, 0.4) is 0 Å². The molecule has 0 aliphatic carbocycles. The Morgan fingerprint density at radius 2 is 2.19 bits per heavy atom. The van der Waals surface area contributed by atoms with Crippen LogP contribution < -0.4 is 10.6 Å². The summed E-state index contributed by atoms with van der Waals surface area (Å²) in [5, 5.41) is 13.5. The monoisotopic (exact) mass is 355 g/mol. The number of H-pyrrole nitrogens is 1. The van der Waals surface area contributed by atoms with Crippen molar-refractivity contribution < 1.29 is 9.53 Å². The van der Waals surface area contributed by atoms with Crippen LogP contribution in [0.4, 0.5) is 16.3 Å². The molecule has 2 saturated heterocycles. The van der Waals surface area contributed by atoms with E-state index in [4.69, 9.17) is 4.74 Å². The summed E-state index contributed by atoms with van der Waals surface area (Å²) in [6, 6.07) is 12.1. The number of likely N-dealkylation sites (tertiary alicyclic amines) is 1. The molecule has 0 radical (unpaired) electrons. The average Bonchev–Trinajstić information content (AvgIpc) is 3.37. The number of para-hydroxylation sites is 1. The minimum atomic E-state index is -0.110. The van der Waals surface area contributed by atoms with E-state index < -0.39 is 0 Å². The predicted molar refractivity (Wildman–Crippen MR) is 100 cm³/mol. The topological polar surface area (TPSA) is 82.3 Å². The zero-order chi connectivity index (χ0) is 17.9. The molecule has 3 atom stereocenters. The molecule has 1 aromatic heterocycles. The van der Waals surface area contributed by atoms with Crippen molar-refractivity contribution in [2.24, 2.45) is 5.92 Å². The number of benzene rings is 1. The molecule has 2 amide bonds. The van der Waals surface area contributed by atoms with Gasteiger partial charge in [0.1, 0.15) is 0 Å². The molecular formula is C19H25N5O2. The van der Waals surface area contributed by atoms with E-state index in [0.717, 1.165) is 37.4 Å². The van der Waals surface area contributed by atoms with Crippen molar-refractivity contribution in [2.75, 3.05) is 30.3 Å². The van der Waals surface area contributed by atoms with Crippen LogP contribution >= 0.6 is 0 Å². The summed E-state index contributed by atoms with van der Waals surface area (Å²) < 4.78 is 5.74. The van der Waals surface area contributed by atoms with E-state index in [0.29, 0.717) is 18.3 Å². The fourth-order valence-corrected chi connectivity index (χ4v) is 3.59. The van der Waals surface area contributed by atoms with E-state index in [-0.39, 0.29) is 18.2 Å². The number of hydrogen-bond acceptors (Lipinski definition) is 4. The van der Waals surface area contributed by atoms with Gasteiger partial charge in [-0.15, -0.1) is 0 Å². The molecule has 138 valence electrons. The smallest absolute Gasteiger partial charge is 0.323 e. The Kier molecular flexibility index (Phi) is 4.79. The number of hydrogen-bond donors (Lipinski definition) is 3. The van der Waals surface area contributed by atoms with Crippen molar-refractivity contribution in [1.82, 2.24) is 15.1 Å². The molecule has 3 N–H and O–H groups in total. The Labute approximate surface area is 153 Å². The number of ether oxygens (including phenoxy) is 1. The molecular weight excluding hydrogens is 330 g/mol. The minimum absolute atomic E-state index is 0.0504. The molecule has 0 saturated carbocycles. The molecule has 0 spiro atoms. The molecule has 3 heterocycles. The van der Waals surface area contributed by atoms with Gasteiger partial charge in [-0.05, 0) is 30.9 Å². The van der Waals surface area contributed by atoms with Gasteiger partial charge in [0.05, 0.1) is 18.4 Å². The number of nitrogens with zero attached hydrogens (tertiary/aromatic N) is 2. The molecule has 0 unspecified atom stereocenters. The molecule has 2 fully saturated rings. The first-order valence-corrected chi connectivity index (χ1v) is 9.22. The van der Waals surface area contributed by atoms with Gasteiger partial charge in [0.2, 0.25) is 0 Å². The lowest BCUT2D eigenvalue weighted by molar-refractivity contribution is 0.105. The largest absolute Gasteiger partial charge is 0.380 e. The zero-order valence-electron chi connectivity index (χ0n) is 14.9. The van der Waals surface area contributed by atoms with Crippen molar-refractivity contribution >= 4 is 17.5 Å². The summed E-state index contributed by atoms with van der Waals surface area (Å²) in [6.07, 6.45) is 1.96. The van der Waals surface area contributed by atoms with Gasteiger partial charge in [-0.1, -0.05) is 25.1 Å². The average molecular weight is 355 g/mol. The predicted octanol–water partition coefficient (Wildman–Crippen LogP) is 3.23. The quantitative estimate of drug-likeness (QED) is 0.786. The maximum Gasteiger partial charge on any atom is 0.323 e. The van der Waals surface area contributed by atoms with Gasteiger partial charge in [0.25, 0.3) is 0 Å². The number of carbonyl (C=O) groups excluding carboxylic acids is 1. The number of anilines is 2. The highest BCUT2D eigenvalue weighted by Crippen LogP contribution is 2.31. The molecule has 2 aliphatic rings. The van der Waals surface area contributed by atoms with Gasteiger partial charge in [-0.2, -0.15) is 5.10 Å². The van der Waals surface area contributed by atoms with Crippen LogP contribution in [-0.2, 0) is 4.74 Å². The van der Waals surface area contributed by atoms with Crippen LogP contribution in [0.1, 0.15) is 31.6 Å². The van der Waals surface area contributed by atoms with E-state index >= 15 is 0 Å². The van der Waals surface area contributed by atoms with Gasteiger partial charge in [0.15, 0.2) is 5.82 Å². The highest BCUT2D eigenvalue weighted by Gasteiger charge is 2.28. The van der Waals surface area contributed by atoms with Crippen LogP contribution in [0.2, 0.25) is 0 Å². The lowest BCUT2D eigenvalue weighted by Crippen LogP contribution is -2.35. The molecule has 7 nitrogen and oxygen atoms in total. The molecule has 26 heavy (non-hydrogen) atoms. The van der Waals surface area contributed by atoms with Gasteiger partial charge in [-0.3, -0.25) is 10.4 Å². The SMILES string of the molecule is C[C@H]1CO[C@@H](c2cc(NC(=O)N3CC[C@@H](Nc4ccccc4)C3)n[nH]2)C1. The second kappa shape index (κ2) is 7.37. The van der Waals surface area contributed by atoms with Crippen molar-refractivity contribution in [3.63, 3.8) is 0 Å². The summed E-state index contributed by atoms with van der Waals surface area (Å²) in [5.41, 5.74) is 2.01. The first-order valence-electron chi connectivity index (χ1n) is 9.22. The van der Waals surface area contributed by atoms with Crippen LogP contribution in [-0.4, -0.2) is 46.9 Å². The number of rotatable bonds is 4. The zero-order valence-corrected chi connectivity index (χ0v) is 14.9. The third kappa shape index (κ3) is 3.83. The first kappa shape index (κ1) is 16.9. The Morgan fingerprint density at radius 1 is 1.35 bits per heavy atom. The van der Waals surface area contributed by atoms with E-state index in [2.05, 4.69) is 27.8 Å². The number of nitrogens with one attached hydrogen (secondary N) is 3. The number of aromatic nitrogens is 2. The standard InChI is InChI=1S/C19H25N5O2/c1-13-9-17(26-12-13)16-10-18(23-22-16)21-19(25)24-8-7-15(11-24)20-14-5-3-2-4-6-14/h2-6,10,13,15,17,20H,7-9,11-12H2,1H3,(H2,21,22,23,25)/t13-,15-,17-/m1/s1. The van der Waals surface area contributed by atoms with Gasteiger partial charge in [0, 0.05) is 30.9 Å². The first-order chi connectivity index (χ1) is 12.7. The summed E-state index contributed by atoms with van der Waals surface area (Å²) in [6.45, 7) is 4.36. The number of carbonyl (C=O) groups is 1. The van der Waals surface area contributed by atoms with E-state index in [1.807, 2.05) is 41.3 Å². The normalized spacial score (nSPS) is 25.4. The Bertz CT molecular complexity index is 747. The summed E-state index contributed by atoms with van der Waals surface area (Å²) in [4.78, 5) is 14.3. The Balaban J connectivity index is 1.29. The van der Waals surface area contributed by atoms with E-state index in [1.165, 1.54) is 0 Å². The Hall–Kier alpha value is -2.54. The lowest BCUT2D eigenvalue weighted by Gasteiger charge is -2.17. The third-order valence-electron chi connectivity index (χ3n) is 5.00. The van der Waals surface area contributed by atoms with Crippen molar-refractivity contribution in [3.8, 4) is 0 Å². The number of urea groups is 1. The van der Waals surface area contributed by atoms with Crippen LogP contribution in [0.25, 0.3) is 0 Å². The second-order valence-corrected chi connectivity index (χ2v) is 7.24.